The van der Waals surface area contributed by atoms with E-state index >= 15 is 0 Å². The maximum absolute atomic E-state index is 13.4. The van der Waals surface area contributed by atoms with Crippen LogP contribution in [-0.2, 0) is 20.7 Å². The van der Waals surface area contributed by atoms with Crippen LogP contribution in [0.4, 0.5) is 4.79 Å². The third-order valence-corrected chi connectivity index (χ3v) is 7.59. The van der Waals surface area contributed by atoms with Crippen LogP contribution in [0.1, 0.15) is 52.0 Å². The number of rotatable bonds is 12. The van der Waals surface area contributed by atoms with Crippen molar-refractivity contribution in [2.75, 3.05) is 13.2 Å². The van der Waals surface area contributed by atoms with Crippen LogP contribution in [0.2, 0.25) is 19.6 Å². The van der Waals surface area contributed by atoms with E-state index < -0.39 is 14.2 Å². The Balaban J connectivity index is 2.33. The lowest BCUT2D eigenvalue weighted by Crippen LogP contribution is -2.53. The first-order valence-electron chi connectivity index (χ1n) is 12.4. The Labute approximate surface area is 200 Å². The Morgan fingerprint density at radius 3 is 2.30 bits per heavy atom. The number of carbonyl (C=O) groups excluding carboxylic acids is 2. The van der Waals surface area contributed by atoms with Gasteiger partial charge in [0.05, 0.1) is 12.6 Å². The van der Waals surface area contributed by atoms with Crippen molar-refractivity contribution in [3.63, 3.8) is 0 Å². The number of carbonyl (C=O) groups is 2. The summed E-state index contributed by atoms with van der Waals surface area (Å²) in [5, 5.41) is 4.54. The minimum absolute atomic E-state index is 0.0382. The average Bonchev–Trinajstić information content (AvgIpc) is 2.91. The van der Waals surface area contributed by atoms with Crippen molar-refractivity contribution >= 4 is 20.0 Å². The highest BCUT2D eigenvalue weighted by atomic mass is 28.3. The molecular weight excluding hydrogens is 434 g/mol. The summed E-state index contributed by atoms with van der Waals surface area (Å²) in [6.07, 6.45) is 3.67. The van der Waals surface area contributed by atoms with E-state index in [0.717, 1.165) is 31.2 Å². The zero-order valence-corrected chi connectivity index (χ0v) is 22.2. The first-order chi connectivity index (χ1) is 15.7. The maximum atomic E-state index is 13.4. The Morgan fingerprint density at radius 2 is 1.76 bits per heavy atom. The molecule has 1 aromatic carbocycles. The van der Waals surface area contributed by atoms with E-state index in [9.17, 15) is 9.59 Å². The molecule has 186 valence electrons. The number of nitrogens with one attached hydrogen (secondary N) is 2. The molecule has 1 saturated heterocycles. The van der Waals surface area contributed by atoms with E-state index in [0.29, 0.717) is 13.0 Å². The minimum Gasteiger partial charge on any atom is -0.357 e. The Kier molecular flexibility index (Phi) is 10.9. The molecule has 0 aromatic heterocycles. The molecule has 0 aliphatic carbocycles. The molecule has 33 heavy (non-hydrogen) atoms. The van der Waals surface area contributed by atoms with Gasteiger partial charge in [-0.1, -0.05) is 76.7 Å². The van der Waals surface area contributed by atoms with E-state index in [-0.39, 0.29) is 36.4 Å². The van der Waals surface area contributed by atoms with E-state index in [1.54, 1.807) is 0 Å². The number of hydrazine groups is 1. The van der Waals surface area contributed by atoms with Gasteiger partial charge in [0.15, 0.2) is 0 Å². The molecule has 0 saturated carbocycles. The Bertz CT molecular complexity index is 735. The summed E-state index contributed by atoms with van der Waals surface area (Å²) < 4.78 is 12.6. The molecule has 0 radical (unpaired) electrons. The lowest BCUT2D eigenvalue weighted by molar-refractivity contribution is -0.152. The van der Waals surface area contributed by atoms with Crippen LogP contribution >= 0.6 is 0 Å². The highest BCUT2D eigenvalue weighted by molar-refractivity contribution is 6.77. The summed E-state index contributed by atoms with van der Waals surface area (Å²) >= 11 is 0. The summed E-state index contributed by atoms with van der Waals surface area (Å²) in [4.78, 5) is 26.2. The monoisotopic (exact) mass is 477 g/mol. The minimum atomic E-state index is -1.82. The normalized spacial score (nSPS) is 20.2. The molecule has 1 aliphatic heterocycles. The van der Waals surface area contributed by atoms with Gasteiger partial charge < -0.3 is 14.8 Å². The fourth-order valence-electron chi connectivity index (χ4n) is 4.21. The zero-order valence-electron chi connectivity index (χ0n) is 21.2. The summed E-state index contributed by atoms with van der Waals surface area (Å²) in [5.41, 5.74) is 3.89. The molecule has 1 fully saturated rings. The van der Waals surface area contributed by atoms with Gasteiger partial charge in [0.2, 0.25) is 5.91 Å². The van der Waals surface area contributed by atoms with Gasteiger partial charge in [0, 0.05) is 12.5 Å². The number of hydrogen-bond acceptors (Lipinski definition) is 4. The molecule has 3 atom stereocenters. The number of amides is 3. The number of ether oxygens (including phenoxy) is 2. The molecule has 0 unspecified atom stereocenters. The molecule has 1 heterocycles. The topological polar surface area (TPSA) is 79.9 Å². The van der Waals surface area contributed by atoms with Crippen LogP contribution < -0.4 is 10.7 Å². The fraction of sp³-hybridized carbons (Fsp3) is 0.680. The molecule has 2 rings (SSSR count). The Hall–Kier alpha value is -1.90. The average molecular weight is 478 g/mol. The molecular formula is C25H43N3O4Si. The number of benzene rings is 1. The number of urea groups is 1. The highest BCUT2D eigenvalue weighted by Gasteiger charge is 2.39. The van der Waals surface area contributed by atoms with Crippen LogP contribution in [0.25, 0.3) is 0 Å². The molecule has 0 bridgehead atoms. The van der Waals surface area contributed by atoms with E-state index in [4.69, 9.17) is 9.47 Å². The zero-order chi connectivity index (χ0) is 24.4. The van der Waals surface area contributed by atoms with Crippen LogP contribution in [-0.4, -0.2) is 56.2 Å². The summed E-state index contributed by atoms with van der Waals surface area (Å²) in [7, 11) is -1.82. The Morgan fingerprint density at radius 1 is 1.12 bits per heavy atom. The lowest BCUT2D eigenvalue weighted by Gasteiger charge is -2.36. The van der Waals surface area contributed by atoms with Crippen molar-refractivity contribution in [2.24, 2.45) is 5.92 Å². The predicted octanol–water partition coefficient (Wildman–Crippen LogP) is 4.50. The highest BCUT2D eigenvalue weighted by Crippen LogP contribution is 2.22. The van der Waals surface area contributed by atoms with Crippen molar-refractivity contribution in [3.05, 3.63) is 35.9 Å². The first kappa shape index (κ1) is 27.3. The van der Waals surface area contributed by atoms with E-state index in [2.05, 4.69) is 44.2 Å². The second-order valence-electron chi connectivity index (χ2n) is 9.93. The standard InChI is InChI=1S/C25H43N3O4Si/c1-7-13-20(14-8-2)23(29)28-18-22(32-25(31-9-3)33(4,5)6)21(26-24(30)27-28)17-19-15-11-10-12-16-19/h10-12,15-16,20-22,25H,7-9,13-14,17-18H2,1-6H3,(H2,26,27,30)/t21-,22-,25-/m1/s1. The van der Waals surface area contributed by atoms with E-state index in [1.165, 1.54) is 5.01 Å². The molecule has 3 amide bonds. The summed E-state index contributed by atoms with van der Waals surface area (Å²) in [6, 6.07) is 9.38. The molecule has 1 aromatic rings. The van der Waals surface area contributed by atoms with Gasteiger partial charge in [-0.2, -0.15) is 0 Å². The second kappa shape index (κ2) is 13.1. The van der Waals surface area contributed by atoms with Crippen LogP contribution in [0.3, 0.4) is 0 Å². The number of nitrogens with zero attached hydrogens (tertiary/aromatic N) is 1. The molecule has 2 N–H and O–H groups in total. The van der Waals surface area contributed by atoms with Crippen molar-refractivity contribution in [3.8, 4) is 0 Å². The predicted molar refractivity (Wildman–Crippen MR) is 134 cm³/mol. The lowest BCUT2D eigenvalue weighted by atomic mass is 9.96. The quantitative estimate of drug-likeness (QED) is 0.343. The fourth-order valence-corrected chi connectivity index (χ4v) is 5.46. The summed E-state index contributed by atoms with van der Waals surface area (Å²) in [5.74, 6) is -0.477. The van der Waals surface area contributed by atoms with Gasteiger partial charge in [0.25, 0.3) is 0 Å². The largest absolute Gasteiger partial charge is 0.357 e. The van der Waals surface area contributed by atoms with E-state index in [1.807, 2.05) is 37.3 Å². The van der Waals surface area contributed by atoms with Gasteiger partial charge in [-0.25, -0.2) is 15.2 Å². The van der Waals surface area contributed by atoms with Crippen molar-refractivity contribution in [2.45, 2.75) is 90.6 Å². The molecule has 8 heteroatoms. The third-order valence-electron chi connectivity index (χ3n) is 5.88. The van der Waals surface area contributed by atoms with Crippen LogP contribution in [0.15, 0.2) is 30.3 Å². The SMILES string of the molecule is CCCC(CCC)C(=O)N1C[C@@H](O[C@@H](OCC)[Si](C)(C)C)[C@@H](Cc2ccccc2)NC(=O)N1. The van der Waals surface area contributed by atoms with Gasteiger partial charge >= 0.3 is 6.03 Å². The third kappa shape index (κ3) is 8.43. The van der Waals surface area contributed by atoms with Crippen molar-refractivity contribution in [1.82, 2.24) is 15.8 Å². The van der Waals surface area contributed by atoms with Gasteiger partial charge in [-0.15, -0.1) is 0 Å². The van der Waals surface area contributed by atoms with Crippen molar-refractivity contribution in [1.29, 1.82) is 0 Å². The van der Waals surface area contributed by atoms with Gasteiger partial charge in [0.1, 0.15) is 20.1 Å². The van der Waals surface area contributed by atoms with Crippen LogP contribution in [0.5, 0.6) is 0 Å². The maximum Gasteiger partial charge on any atom is 0.333 e. The smallest absolute Gasteiger partial charge is 0.333 e. The van der Waals surface area contributed by atoms with Gasteiger partial charge in [-0.05, 0) is 31.7 Å². The van der Waals surface area contributed by atoms with Crippen molar-refractivity contribution < 1.29 is 19.1 Å². The van der Waals surface area contributed by atoms with Crippen LogP contribution in [0, 0.1) is 5.92 Å². The molecule has 1 aliphatic rings. The van der Waals surface area contributed by atoms with Gasteiger partial charge in [-0.3, -0.25) is 4.79 Å². The second-order valence-corrected chi connectivity index (χ2v) is 15.1. The summed E-state index contributed by atoms with van der Waals surface area (Å²) in [6.45, 7) is 13.6. The molecule has 7 nitrogen and oxygen atoms in total. The number of hydrogen-bond donors (Lipinski definition) is 2. The first-order valence-corrected chi connectivity index (χ1v) is 16.0. The molecule has 0 spiro atoms.